The SMILES string of the molecule is CC(C)(C)OC(=O)N(c1ccc([C@H]2CCCCN2)cn1)C1CC1. The lowest BCUT2D eigenvalue weighted by Gasteiger charge is -2.27. The summed E-state index contributed by atoms with van der Waals surface area (Å²) in [5, 5.41) is 3.53. The van der Waals surface area contributed by atoms with Gasteiger partial charge in [-0.3, -0.25) is 4.90 Å². The molecule has 23 heavy (non-hydrogen) atoms. The lowest BCUT2D eigenvalue weighted by molar-refractivity contribution is 0.0576. The average molecular weight is 317 g/mol. The number of carbonyl (C=O) groups is 1. The molecule has 1 aromatic rings. The molecule has 1 aliphatic carbocycles. The number of anilines is 1. The van der Waals surface area contributed by atoms with Crippen molar-refractivity contribution < 1.29 is 9.53 Å². The second kappa shape index (κ2) is 6.48. The maximum atomic E-state index is 12.5. The van der Waals surface area contributed by atoms with Crippen LogP contribution in [-0.4, -0.2) is 29.3 Å². The zero-order chi connectivity index (χ0) is 16.4. The van der Waals surface area contributed by atoms with Crippen molar-refractivity contribution in [1.82, 2.24) is 10.3 Å². The minimum atomic E-state index is -0.490. The molecule has 1 saturated heterocycles. The van der Waals surface area contributed by atoms with Crippen molar-refractivity contribution in [2.45, 2.75) is 70.6 Å². The molecule has 126 valence electrons. The van der Waals surface area contributed by atoms with Crippen LogP contribution in [0.15, 0.2) is 18.3 Å². The van der Waals surface area contributed by atoms with Crippen LogP contribution in [0.3, 0.4) is 0 Å². The molecule has 1 atom stereocenters. The third-order valence-corrected chi connectivity index (χ3v) is 4.23. The van der Waals surface area contributed by atoms with E-state index < -0.39 is 5.60 Å². The number of amides is 1. The molecule has 1 amide bonds. The number of ether oxygens (including phenoxy) is 1. The van der Waals surface area contributed by atoms with Crippen molar-refractivity contribution in [1.29, 1.82) is 0 Å². The van der Waals surface area contributed by atoms with Crippen LogP contribution >= 0.6 is 0 Å². The van der Waals surface area contributed by atoms with E-state index in [2.05, 4.69) is 16.4 Å². The third kappa shape index (κ3) is 4.22. The molecule has 2 aliphatic rings. The molecule has 0 aromatic carbocycles. The molecule has 1 N–H and O–H groups in total. The predicted octanol–water partition coefficient (Wildman–Crippen LogP) is 3.80. The number of nitrogens with zero attached hydrogens (tertiary/aromatic N) is 2. The van der Waals surface area contributed by atoms with Gasteiger partial charge in [-0.2, -0.15) is 0 Å². The first-order valence-electron chi connectivity index (χ1n) is 8.65. The monoisotopic (exact) mass is 317 g/mol. The fourth-order valence-electron chi connectivity index (χ4n) is 2.96. The van der Waals surface area contributed by atoms with E-state index in [9.17, 15) is 4.79 Å². The first-order chi connectivity index (χ1) is 10.9. The van der Waals surface area contributed by atoms with Gasteiger partial charge in [0.25, 0.3) is 0 Å². The number of piperidine rings is 1. The highest BCUT2D eigenvalue weighted by Crippen LogP contribution is 2.33. The van der Waals surface area contributed by atoms with Crippen molar-refractivity contribution in [2.75, 3.05) is 11.4 Å². The van der Waals surface area contributed by atoms with Crippen LogP contribution in [0, 0.1) is 0 Å². The Hall–Kier alpha value is -1.62. The van der Waals surface area contributed by atoms with Crippen molar-refractivity contribution >= 4 is 11.9 Å². The number of pyridine rings is 1. The highest BCUT2D eigenvalue weighted by atomic mass is 16.6. The Morgan fingerprint density at radius 3 is 2.57 bits per heavy atom. The molecule has 2 fully saturated rings. The fourth-order valence-corrected chi connectivity index (χ4v) is 2.96. The van der Waals surface area contributed by atoms with Gasteiger partial charge in [0.1, 0.15) is 11.4 Å². The normalized spacial score (nSPS) is 21.8. The van der Waals surface area contributed by atoms with Crippen LogP contribution in [0.2, 0.25) is 0 Å². The van der Waals surface area contributed by atoms with Crippen LogP contribution < -0.4 is 10.2 Å². The van der Waals surface area contributed by atoms with E-state index in [-0.39, 0.29) is 12.1 Å². The van der Waals surface area contributed by atoms with E-state index in [0.29, 0.717) is 11.9 Å². The van der Waals surface area contributed by atoms with Gasteiger partial charge in [0.15, 0.2) is 0 Å². The number of rotatable bonds is 3. The average Bonchev–Trinajstić information content (AvgIpc) is 3.32. The highest BCUT2D eigenvalue weighted by Gasteiger charge is 2.37. The van der Waals surface area contributed by atoms with Gasteiger partial charge in [0.05, 0.1) is 0 Å². The largest absolute Gasteiger partial charge is 0.443 e. The first kappa shape index (κ1) is 16.2. The van der Waals surface area contributed by atoms with E-state index in [4.69, 9.17) is 4.74 Å². The zero-order valence-electron chi connectivity index (χ0n) is 14.3. The minimum Gasteiger partial charge on any atom is -0.443 e. The molecule has 5 heteroatoms. The van der Waals surface area contributed by atoms with Gasteiger partial charge in [-0.25, -0.2) is 9.78 Å². The molecule has 1 saturated carbocycles. The molecule has 0 bridgehead atoms. The van der Waals surface area contributed by atoms with Gasteiger partial charge in [0, 0.05) is 18.3 Å². The van der Waals surface area contributed by atoms with Crippen LogP contribution in [0.25, 0.3) is 0 Å². The third-order valence-electron chi connectivity index (χ3n) is 4.23. The van der Waals surface area contributed by atoms with Crippen molar-refractivity contribution in [2.24, 2.45) is 0 Å². The van der Waals surface area contributed by atoms with E-state index in [1.165, 1.54) is 18.4 Å². The summed E-state index contributed by atoms with van der Waals surface area (Å²) in [4.78, 5) is 18.7. The maximum Gasteiger partial charge on any atom is 0.416 e. The summed E-state index contributed by atoms with van der Waals surface area (Å²) < 4.78 is 5.54. The molecule has 3 rings (SSSR count). The van der Waals surface area contributed by atoms with Crippen LogP contribution in [0.4, 0.5) is 10.6 Å². The van der Waals surface area contributed by atoms with Crippen molar-refractivity contribution in [3.8, 4) is 0 Å². The Bertz CT molecular complexity index is 540. The van der Waals surface area contributed by atoms with E-state index in [1.807, 2.05) is 33.0 Å². The van der Waals surface area contributed by atoms with Gasteiger partial charge >= 0.3 is 6.09 Å². The molecular formula is C18H27N3O2. The lowest BCUT2D eigenvalue weighted by atomic mass is 9.99. The van der Waals surface area contributed by atoms with E-state index >= 15 is 0 Å². The summed E-state index contributed by atoms with van der Waals surface area (Å²) in [7, 11) is 0. The summed E-state index contributed by atoms with van der Waals surface area (Å²) in [5.41, 5.74) is 0.712. The van der Waals surface area contributed by atoms with Gasteiger partial charge in [0.2, 0.25) is 0 Å². The molecule has 0 unspecified atom stereocenters. The summed E-state index contributed by atoms with van der Waals surface area (Å²) in [5.74, 6) is 0.696. The number of hydrogen-bond acceptors (Lipinski definition) is 4. The van der Waals surface area contributed by atoms with E-state index in [0.717, 1.165) is 25.8 Å². The van der Waals surface area contributed by atoms with E-state index in [1.54, 1.807) is 4.90 Å². The van der Waals surface area contributed by atoms with Crippen LogP contribution in [0.5, 0.6) is 0 Å². The van der Waals surface area contributed by atoms with Crippen molar-refractivity contribution in [3.05, 3.63) is 23.9 Å². The summed E-state index contributed by atoms with van der Waals surface area (Å²) in [6.07, 6.45) is 7.30. The number of carbonyl (C=O) groups excluding carboxylic acids is 1. The standard InChI is InChI=1S/C18H27N3O2/c1-18(2,3)23-17(22)21(14-8-9-14)16-10-7-13(12-20-16)15-6-4-5-11-19-15/h7,10,12,14-15,19H,4-6,8-9,11H2,1-3H3/t15-/m1/s1. The number of nitrogens with one attached hydrogen (secondary N) is 1. The second-order valence-corrected chi connectivity index (χ2v) is 7.53. The number of aromatic nitrogens is 1. The zero-order valence-corrected chi connectivity index (χ0v) is 14.3. The Morgan fingerprint density at radius 2 is 2.04 bits per heavy atom. The molecule has 0 radical (unpaired) electrons. The topological polar surface area (TPSA) is 54.5 Å². The molecule has 5 nitrogen and oxygen atoms in total. The summed E-state index contributed by atoms with van der Waals surface area (Å²) in [6.45, 7) is 6.74. The Morgan fingerprint density at radius 1 is 1.26 bits per heavy atom. The molecule has 0 spiro atoms. The maximum absolute atomic E-state index is 12.5. The lowest BCUT2D eigenvalue weighted by Crippen LogP contribution is -2.38. The Labute approximate surface area is 138 Å². The van der Waals surface area contributed by atoms with Crippen LogP contribution in [0.1, 0.15) is 64.5 Å². The van der Waals surface area contributed by atoms with Crippen LogP contribution in [-0.2, 0) is 4.74 Å². The second-order valence-electron chi connectivity index (χ2n) is 7.53. The summed E-state index contributed by atoms with van der Waals surface area (Å²) >= 11 is 0. The first-order valence-corrected chi connectivity index (χ1v) is 8.65. The van der Waals surface area contributed by atoms with Crippen molar-refractivity contribution in [3.63, 3.8) is 0 Å². The number of hydrogen-bond donors (Lipinski definition) is 1. The summed E-state index contributed by atoms with van der Waals surface area (Å²) in [6, 6.07) is 4.66. The Balaban J connectivity index is 1.73. The predicted molar refractivity (Wildman–Crippen MR) is 90.6 cm³/mol. The smallest absolute Gasteiger partial charge is 0.416 e. The Kier molecular flexibility index (Phi) is 4.57. The highest BCUT2D eigenvalue weighted by molar-refractivity contribution is 5.88. The molecule has 1 aromatic heterocycles. The molecule has 1 aliphatic heterocycles. The van der Waals surface area contributed by atoms with Gasteiger partial charge in [-0.15, -0.1) is 0 Å². The van der Waals surface area contributed by atoms with Gasteiger partial charge in [-0.1, -0.05) is 12.5 Å². The quantitative estimate of drug-likeness (QED) is 0.921. The molecular weight excluding hydrogens is 290 g/mol. The minimum absolute atomic E-state index is 0.232. The van der Waals surface area contributed by atoms with Gasteiger partial charge < -0.3 is 10.1 Å². The molecule has 2 heterocycles. The fraction of sp³-hybridized carbons (Fsp3) is 0.667. The van der Waals surface area contributed by atoms with Gasteiger partial charge in [-0.05, 0) is 64.6 Å².